The Kier molecular flexibility index (Phi) is 4.05. The largest absolute Gasteiger partial charge is 0.459 e. The molecule has 0 aliphatic carbocycles. The lowest BCUT2D eigenvalue weighted by Crippen LogP contribution is -2.30. The molecule has 1 atom stereocenters. The number of benzene rings is 1. The minimum Gasteiger partial charge on any atom is -0.459 e. The molecule has 0 unspecified atom stereocenters. The summed E-state index contributed by atoms with van der Waals surface area (Å²) in [6.45, 7) is 1.10. The highest BCUT2D eigenvalue weighted by molar-refractivity contribution is 5.79. The average molecular weight is 341 g/mol. The molecule has 0 bridgehead atoms. The minimum atomic E-state index is -0.354. The fraction of sp³-hybridized carbons (Fsp3) is 0.278. The fourth-order valence-electron chi connectivity index (χ4n) is 3.02. The Bertz CT molecular complexity index is 875. The van der Waals surface area contributed by atoms with Crippen molar-refractivity contribution in [1.82, 2.24) is 15.0 Å². The highest BCUT2D eigenvalue weighted by atomic mass is 19.1. The molecular formula is C18H16FN3O3. The van der Waals surface area contributed by atoms with Crippen LogP contribution in [0.5, 0.6) is 0 Å². The molecule has 2 aromatic heterocycles. The summed E-state index contributed by atoms with van der Waals surface area (Å²) in [6, 6.07) is 9.84. The lowest BCUT2D eigenvalue weighted by Gasteiger charge is -2.16. The van der Waals surface area contributed by atoms with Crippen LogP contribution in [0.25, 0.3) is 11.7 Å². The van der Waals surface area contributed by atoms with E-state index in [4.69, 9.17) is 8.94 Å². The molecule has 0 saturated carbocycles. The number of carbonyl (C=O) groups is 1. The first-order valence-electron chi connectivity index (χ1n) is 8.09. The molecular weight excluding hydrogens is 325 g/mol. The molecule has 7 heteroatoms. The van der Waals surface area contributed by atoms with E-state index in [0.29, 0.717) is 36.1 Å². The van der Waals surface area contributed by atoms with Crippen molar-refractivity contribution >= 4 is 5.91 Å². The van der Waals surface area contributed by atoms with E-state index < -0.39 is 0 Å². The second-order valence-electron chi connectivity index (χ2n) is 6.03. The predicted molar refractivity (Wildman–Crippen MR) is 86.0 cm³/mol. The first-order valence-corrected chi connectivity index (χ1v) is 8.09. The van der Waals surface area contributed by atoms with Gasteiger partial charge in [0.25, 0.3) is 5.89 Å². The van der Waals surface area contributed by atoms with Crippen molar-refractivity contribution in [2.45, 2.75) is 18.8 Å². The number of likely N-dealkylation sites (tertiary alicyclic amines) is 1. The molecule has 1 saturated heterocycles. The summed E-state index contributed by atoms with van der Waals surface area (Å²) in [5.41, 5.74) is 0.413. The minimum absolute atomic E-state index is 0.0111. The van der Waals surface area contributed by atoms with Crippen molar-refractivity contribution in [3.63, 3.8) is 0 Å². The summed E-state index contributed by atoms with van der Waals surface area (Å²) in [5, 5.41) is 4.00. The van der Waals surface area contributed by atoms with Gasteiger partial charge >= 0.3 is 0 Å². The van der Waals surface area contributed by atoms with Gasteiger partial charge in [0.15, 0.2) is 11.6 Å². The average Bonchev–Trinajstić information content (AvgIpc) is 3.36. The van der Waals surface area contributed by atoms with Gasteiger partial charge < -0.3 is 13.8 Å². The third kappa shape index (κ3) is 3.17. The molecule has 1 aliphatic rings. The van der Waals surface area contributed by atoms with E-state index in [-0.39, 0.29) is 24.1 Å². The van der Waals surface area contributed by atoms with Gasteiger partial charge in [-0.05, 0) is 30.2 Å². The van der Waals surface area contributed by atoms with E-state index in [1.807, 2.05) is 0 Å². The van der Waals surface area contributed by atoms with Crippen LogP contribution in [0.15, 0.2) is 51.6 Å². The van der Waals surface area contributed by atoms with Crippen molar-refractivity contribution < 1.29 is 18.1 Å². The van der Waals surface area contributed by atoms with Crippen LogP contribution in [0.3, 0.4) is 0 Å². The molecule has 3 heterocycles. The SMILES string of the molecule is O=C(Cc1ccccc1F)N1CC[C@@H](c2noc(-c3ccco3)n2)C1. The lowest BCUT2D eigenvalue weighted by molar-refractivity contribution is -0.129. The van der Waals surface area contributed by atoms with Crippen LogP contribution >= 0.6 is 0 Å². The van der Waals surface area contributed by atoms with Crippen LogP contribution in [-0.2, 0) is 11.2 Å². The number of carbonyl (C=O) groups excluding carboxylic acids is 1. The quantitative estimate of drug-likeness (QED) is 0.729. The second-order valence-corrected chi connectivity index (χ2v) is 6.03. The Morgan fingerprint density at radius 2 is 2.16 bits per heavy atom. The molecule has 0 spiro atoms. The number of halogens is 1. The van der Waals surface area contributed by atoms with E-state index >= 15 is 0 Å². The van der Waals surface area contributed by atoms with Crippen molar-refractivity contribution in [2.75, 3.05) is 13.1 Å². The highest BCUT2D eigenvalue weighted by Crippen LogP contribution is 2.28. The van der Waals surface area contributed by atoms with Crippen molar-refractivity contribution in [2.24, 2.45) is 0 Å². The number of amides is 1. The maximum atomic E-state index is 13.7. The predicted octanol–water partition coefficient (Wildman–Crippen LogP) is 3.03. The van der Waals surface area contributed by atoms with Gasteiger partial charge in [0.1, 0.15) is 5.82 Å². The van der Waals surface area contributed by atoms with Crippen molar-refractivity contribution in [1.29, 1.82) is 0 Å². The van der Waals surface area contributed by atoms with Gasteiger partial charge in [0, 0.05) is 19.0 Å². The summed E-state index contributed by atoms with van der Waals surface area (Å²) in [7, 11) is 0. The topological polar surface area (TPSA) is 72.4 Å². The summed E-state index contributed by atoms with van der Waals surface area (Å²) >= 11 is 0. The number of hydrogen-bond acceptors (Lipinski definition) is 5. The number of rotatable bonds is 4. The van der Waals surface area contributed by atoms with Crippen LogP contribution in [0.4, 0.5) is 4.39 Å². The van der Waals surface area contributed by atoms with Crippen molar-refractivity contribution in [3.8, 4) is 11.7 Å². The molecule has 0 N–H and O–H groups in total. The van der Waals surface area contributed by atoms with Crippen LogP contribution in [0, 0.1) is 5.82 Å². The summed E-state index contributed by atoms with van der Waals surface area (Å²) in [6.07, 6.45) is 2.35. The molecule has 1 amide bonds. The zero-order valence-corrected chi connectivity index (χ0v) is 13.4. The van der Waals surface area contributed by atoms with Gasteiger partial charge in [-0.1, -0.05) is 23.4 Å². The molecule has 3 aromatic rings. The zero-order valence-electron chi connectivity index (χ0n) is 13.4. The number of aromatic nitrogens is 2. The molecule has 1 aliphatic heterocycles. The first-order chi connectivity index (χ1) is 12.2. The Morgan fingerprint density at radius 3 is 2.96 bits per heavy atom. The maximum Gasteiger partial charge on any atom is 0.293 e. The van der Waals surface area contributed by atoms with Crippen LogP contribution in [0.2, 0.25) is 0 Å². The molecule has 1 fully saturated rings. The van der Waals surface area contributed by atoms with E-state index in [9.17, 15) is 9.18 Å². The van der Waals surface area contributed by atoms with Crippen LogP contribution in [0.1, 0.15) is 23.7 Å². The third-order valence-corrected chi connectivity index (χ3v) is 4.38. The highest BCUT2D eigenvalue weighted by Gasteiger charge is 2.31. The lowest BCUT2D eigenvalue weighted by atomic mass is 10.1. The summed E-state index contributed by atoms with van der Waals surface area (Å²) in [5.74, 6) is 0.972. The van der Waals surface area contributed by atoms with E-state index in [2.05, 4.69) is 10.1 Å². The Hall–Kier alpha value is -2.96. The first kappa shape index (κ1) is 15.6. The van der Waals surface area contributed by atoms with Crippen molar-refractivity contribution in [3.05, 3.63) is 59.9 Å². The fourth-order valence-corrected chi connectivity index (χ4v) is 3.02. The monoisotopic (exact) mass is 341 g/mol. The van der Waals surface area contributed by atoms with Gasteiger partial charge in [-0.3, -0.25) is 4.79 Å². The summed E-state index contributed by atoms with van der Waals surface area (Å²) in [4.78, 5) is 18.5. The van der Waals surface area contributed by atoms with Gasteiger partial charge in [-0.2, -0.15) is 4.98 Å². The maximum absolute atomic E-state index is 13.7. The second kappa shape index (κ2) is 6.51. The van der Waals surface area contributed by atoms with Crippen LogP contribution < -0.4 is 0 Å². The molecule has 6 nitrogen and oxygen atoms in total. The number of nitrogens with zero attached hydrogens (tertiary/aromatic N) is 3. The number of furan rings is 1. The molecule has 1 aromatic carbocycles. The van der Waals surface area contributed by atoms with Gasteiger partial charge in [0.05, 0.1) is 12.7 Å². The van der Waals surface area contributed by atoms with Gasteiger partial charge in [-0.25, -0.2) is 4.39 Å². The smallest absolute Gasteiger partial charge is 0.293 e. The standard InChI is InChI=1S/C18H16FN3O3/c19-14-5-2-1-4-12(14)10-16(23)22-8-7-13(11-22)17-20-18(25-21-17)15-6-3-9-24-15/h1-6,9,13H,7-8,10-11H2/t13-/m1/s1. The van der Waals surface area contributed by atoms with E-state index in [1.165, 1.54) is 12.3 Å². The van der Waals surface area contributed by atoms with Gasteiger partial charge in [0.2, 0.25) is 5.91 Å². The zero-order chi connectivity index (χ0) is 17.2. The normalized spacial score (nSPS) is 17.2. The molecule has 0 radical (unpaired) electrons. The Morgan fingerprint density at radius 1 is 1.28 bits per heavy atom. The van der Waals surface area contributed by atoms with E-state index in [0.717, 1.165) is 6.42 Å². The van der Waals surface area contributed by atoms with Gasteiger partial charge in [-0.15, -0.1) is 0 Å². The third-order valence-electron chi connectivity index (χ3n) is 4.38. The Balaban J connectivity index is 1.41. The molecule has 25 heavy (non-hydrogen) atoms. The number of hydrogen-bond donors (Lipinski definition) is 0. The summed E-state index contributed by atoms with van der Waals surface area (Å²) < 4.78 is 24.2. The van der Waals surface area contributed by atoms with E-state index in [1.54, 1.807) is 35.2 Å². The van der Waals surface area contributed by atoms with Crippen LogP contribution in [-0.4, -0.2) is 34.0 Å². The molecule has 4 rings (SSSR count). The Labute approximate surface area is 143 Å². The molecule has 128 valence electrons.